The number of rotatable bonds is 5. The molecule has 5 nitrogen and oxygen atoms in total. The summed E-state index contributed by atoms with van der Waals surface area (Å²) >= 11 is 6.02. The van der Waals surface area contributed by atoms with Gasteiger partial charge in [0.25, 0.3) is 5.91 Å². The van der Waals surface area contributed by atoms with Crippen LogP contribution >= 0.6 is 11.6 Å². The molecule has 116 valence electrons. The molecule has 0 fully saturated rings. The van der Waals surface area contributed by atoms with Crippen LogP contribution in [0.15, 0.2) is 66.9 Å². The number of halogens is 1. The van der Waals surface area contributed by atoms with Crippen LogP contribution in [0.5, 0.6) is 5.75 Å². The van der Waals surface area contributed by atoms with Crippen LogP contribution in [-0.4, -0.2) is 15.7 Å². The van der Waals surface area contributed by atoms with E-state index in [4.69, 9.17) is 16.3 Å². The fourth-order valence-electron chi connectivity index (χ4n) is 1.97. The van der Waals surface area contributed by atoms with E-state index < -0.39 is 0 Å². The van der Waals surface area contributed by atoms with Crippen molar-refractivity contribution >= 4 is 23.2 Å². The Morgan fingerprint density at radius 3 is 2.61 bits per heavy atom. The molecule has 0 aliphatic carbocycles. The van der Waals surface area contributed by atoms with Crippen molar-refractivity contribution in [3.63, 3.8) is 0 Å². The molecule has 0 atom stereocenters. The Morgan fingerprint density at radius 2 is 1.83 bits per heavy atom. The van der Waals surface area contributed by atoms with E-state index in [9.17, 15) is 4.79 Å². The number of para-hydroxylation sites is 2. The van der Waals surface area contributed by atoms with Gasteiger partial charge in [-0.2, -0.15) is 5.10 Å². The topological polar surface area (TPSA) is 56.2 Å². The Hall–Kier alpha value is -2.79. The highest BCUT2D eigenvalue weighted by Gasteiger charge is 2.10. The number of hydrogen-bond acceptors (Lipinski definition) is 3. The lowest BCUT2D eigenvalue weighted by atomic mass is 10.3. The number of benzene rings is 2. The van der Waals surface area contributed by atoms with Crippen LogP contribution in [0.25, 0.3) is 0 Å². The van der Waals surface area contributed by atoms with Gasteiger partial charge in [-0.1, -0.05) is 41.9 Å². The third-order valence-electron chi connectivity index (χ3n) is 3.09. The molecule has 0 bridgehead atoms. The maximum absolute atomic E-state index is 12.1. The van der Waals surface area contributed by atoms with Gasteiger partial charge in [0, 0.05) is 11.9 Å². The van der Waals surface area contributed by atoms with Crippen LogP contribution in [-0.2, 0) is 6.73 Å². The van der Waals surface area contributed by atoms with Crippen molar-refractivity contribution in [2.24, 2.45) is 0 Å². The molecule has 1 amide bonds. The third kappa shape index (κ3) is 3.90. The van der Waals surface area contributed by atoms with Gasteiger partial charge in [0.2, 0.25) is 0 Å². The summed E-state index contributed by atoms with van der Waals surface area (Å²) in [5.74, 6) is 0.299. The molecule has 1 heterocycles. The molecule has 0 unspecified atom stereocenters. The number of carbonyl (C=O) groups is 1. The number of anilines is 1. The van der Waals surface area contributed by atoms with Crippen molar-refractivity contribution in [1.82, 2.24) is 9.78 Å². The molecule has 0 radical (unpaired) electrons. The number of nitrogens with one attached hydrogen (secondary N) is 1. The molecule has 2 aromatic carbocycles. The van der Waals surface area contributed by atoms with Crippen molar-refractivity contribution < 1.29 is 9.53 Å². The van der Waals surface area contributed by atoms with E-state index in [-0.39, 0.29) is 12.6 Å². The Balaban J connectivity index is 1.62. The van der Waals surface area contributed by atoms with Gasteiger partial charge in [-0.15, -0.1) is 0 Å². The summed E-state index contributed by atoms with van der Waals surface area (Å²) in [6.07, 6.45) is 1.68. The number of carbonyl (C=O) groups excluding carboxylic acids is 1. The lowest BCUT2D eigenvalue weighted by Gasteiger charge is -2.07. The molecule has 0 spiro atoms. The van der Waals surface area contributed by atoms with Gasteiger partial charge >= 0.3 is 0 Å². The number of hydrogen-bond donors (Lipinski definition) is 1. The SMILES string of the molecule is O=C(Nc1ccccc1)c1ccn(COc2ccccc2Cl)n1. The summed E-state index contributed by atoms with van der Waals surface area (Å²) in [5, 5.41) is 7.49. The molecular formula is C17H14ClN3O2. The molecule has 6 heteroatoms. The second kappa shape index (κ2) is 6.98. The zero-order chi connectivity index (χ0) is 16.1. The highest BCUT2D eigenvalue weighted by molar-refractivity contribution is 6.32. The molecular weight excluding hydrogens is 314 g/mol. The minimum atomic E-state index is -0.271. The maximum atomic E-state index is 12.1. The quantitative estimate of drug-likeness (QED) is 0.775. The van der Waals surface area contributed by atoms with Crippen LogP contribution in [0, 0.1) is 0 Å². The van der Waals surface area contributed by atoms with Crippen LogP contribution in [0.4, 0.5) is 5.69 Å². The third-order valence-corrected chi connectivity index (χ3v) is 3.41. The molecule has 1 aromatic heterocycles. The summed E-state index contributed by atoms with van der Waals surface area (Å²) in [6.45, 7) is 0.169. The van der Waals surface area contributed by atoms with Crippen LogP contribution in [0.3, 0.4) is 0 Å². The average Bonchev–Trinajstić information content (AvgIpc) is 3.04. The summed E-state index contributed by atoms with van der Waals surface area (Å²) in [4.78, 5) is 12.1. The van der Waals surface area contributed by atoms with E-state index in [0.717, 1.165) is 5.69 Å². The fourth-order valence-corrected chi connectivity index (χ4v) is 2.16. The zero-order valence-corrected chi connectivity index (χ0v) is 12.9. The summed E-state index contributed by atoms with van der Waals surface area (Å²) in [7, 11) is 0. The molecule has 0 saturated carbocycles. The molecule has 1 N–H and O–H groups in total. The van der Waals surface area contributed by atoms with Crippen molar-refractivity contribution in [2.45, 2.75) is 6.73 Å². The minimum Gasteiger partial charge on any atom is -0.470 e. The van der Waals surface area contributed by atoms with E-state index in [0.29, 0.717) is 16.5 Å². The lowest BCUT2D eigenvalue weighted by Crippen LogP contribution is -2.14. The Kier molecular flexibility index (Phi) is 4.59. The monoisotopic (exact) mass is 327 g/mol. The van der Waals surface area contributed by atoms with E-state index in [1.165, 1.54) is 4.68 Å². The summed E-state index contributed by atoms with van der Waals surface area (Å²) in [5.41, 5.74) is 1.04. The van der Waals surface area contributed by atoms with Gasteiger partial charge in [0.1, 0.15) is 5.75 Å². The highest BCUT2D eigenvalue weighted by atomic mass is 35.5. The van der Waals surface area contributed by atoms with E-state index in [2.05, 4.69) is 10.4 Å². The first kappa shape index (κ1) is 15.1. The van der Waals surface area contributed by atoms with Gasteiger partial charge in [-0.3, -0.25) is 4.79 Å². The minimum absolute atomic E-state index is 0.169. The Morgan fingerprint density at radius 1 is 1.09 bits per heavy atom. The lowest BCUT2D eigenvalue weighted by molar-refractivity contribution is 0.102. The number of ether oxygens (including phenoxy) is 1. The van der Waals surface area contributed by atoms with E-state index >= 15 is 0 Å². The van der Waals surface area contributed by atoms with Crippen LogP contribution < -0.4 is 10.1 Å². The fraction of sp³-hybridized carbons (Fsp3) is 0.0588. The summed E-state index contributed by atoms with van der Waals surface area (Å²) < 4.78 is 7.10. The first-order valence-electron chi connectivity index (χ1n) is 6.99. The van der Waals surface area contributed by atoms with Crippen molar-refractivity contribution in [1.29, 1.82) is 0 Å². The van der Waals surface area contributed by atoms with Gasteiger partial charge in [0.15, 0.2) is 12.4 Å². The van der Waals surface area contributed by atoms with E-state index in [1.54, 1.807) is 24.4 Å². The molecule has 23 heavy (non-hydrogen) atoms. The molecule has 0 aliphatic heterocycles. The predicted octanol–water partition coefficient (Wildman–Crippen LogP) is 3.83. The van der Waals surface area contributed by atoms with Gasteiger partial charge in [-0.05, 0) is 30.3 Å². The number of nitrogens with zero attached hydrogens (tertiary/aromatic N) is 2. The largest absolute Gasteiger partial charge is 0.470 e. The smallest absolute Gasteiger partial charge is 0.276 e. The standard InChI is InChI=1S/C17H14ClN3O2/c18-14-8-4-5-9-16(14)23-12-21-11-10-15(20-21)17(22)19-13-6-2-1-3-7-13/h1-11H,12H2,(H,19,22). The molecule has 3 rings (SSSR count). The van der Waals surface area contributed by atoms with Crippen molar-refractivity contribution in [3.05, 3.63) is 77.6 Å². The highest BCUT2D eigenvalue weighted by Crippen LogP contribution is 2.23. The Labute approximate surface area is 138 Å². The number of aromatic nitrogens is 2. The second-order valence-electron chi connectivity index (χ2n) is 4.76. The zero-order valence-electron chi connectivity index (χ0n) is 12.1. The van der Waals surface area contributed by atoms with Crippen molar-refractivity contribution in [3.8, 4) is 5.75 Å². The summed E-state index contributed by atoms with van der Waals surface area (Å²) in [6, 6.07) is 18.0. The number of amides is 1. The molecule has 0 aliphatic rings. The Bertz CT molecular complexity index is 802. The van der Waals surface area contributed by atoms with E-state index in [1.807, 2.05) is 42.5 Å². The second-order valence-corrected chi connectivity index (χ2v) is 5.17. The first-order valence-corrected chi connectivity index (χ1v) is 7.37. The van der Waals surface area contributed by atoms with Crippen LogP contribution in [0.1, 0.15) is 10.5 Å². The van der Waals surface area contributed by atoms with Crippen LogP contribution in [0.2, 0.25) is 5.02 Å². The predicted molar refractivity (Wildman–Crippen MR) is 88.7 cm³/mol. The first-order chi connectivity index (χ1) is 11.2. The normalized spacial score (nSPS) is 10.3. The van der Waals surface area contributed by atoms with Gasteiger partial charge in [0.05, 0.1) is 5.02 Å². The van der Waals surface area contributed by atoms with Crippen molar-refractivity contribution in [2.75, 3.05) is 5.32 Å². The van der Waals surface area contributed by atoms with Gasteiger partial charge in [-0.25, -0.2) is 4.68 Å². The maximum Gasteiger partial charge on any atom is 0.276 e. The molecule has 3 aromatic rings. The molecule has 0 saturated heterocycles. The average molecular weight is 328 g/mol. The van der Waals surface area contributed by atoms with Gasteiger partial charge < -0.3 is 10.1 Å².